The Bertz CT molecular complexity index is 1230. The van der Waals surface area contributed by atoms with Crippen LogP contribution >= 0.6 is 0 Å². The normalized spacial score (nSPS) is 16.2. The number of ether oxygens (including phenoxy) is 1. The van der Waals surface area contributed by atoms with E-state index in [9.17, 15) is 4.79 Å². The molecular formula is C20H19N7O3. The minimum absolute atomic E-state index is 0.00301. The van der Waals surface area contributed by atoms with E-state index in [2.05, 4.69) is 25.3 Å². The topological polar surface area (TPSA) is 133 Å². The summed E-state index contributed by atoms with van der Waals surface area (Å²) in [7, 11) is 0. The van der Waals surface area contributed by atoms with Gasteiger partial charge in [0.05, 0.1) is 18.8 Å². The molecule has 0 aromatic carbocycles. The fourth-order valence-electron chi connectivity index (χ4n) is 3.45. The highest BCUT2D eigenvalue weighted by molar-refractivity contribution is 5.98. The summed E-state index contributed by atoms with van der Waals surface area (Å²) in [6, 6.07) is 3.66. The summed E-state index contributed by atoms with van der Waals surface area (Å²) in [4.78, 5) is 30.4. The Hall–Kier alpha value is -3.79. The first-order chi connectivity index (χ1) is 14.6. The van der Waals surface area contributed by atoms with Gasteiger partial charge in [0.15, 0.2) is 17.2 Å². The minimum Gasteiger partial charge on any atom is -0.443 e. The van der Waals surface area contributed by atoms with Crippen LogP contribution in [0.2, 0.25) is 0 Å². The number of rotatable bonds is 4. The van der Waals surface area contributed by atoms with Gasteiger partial charge in [0.2, 0.25) is 5.89 Å². The molecule has 5 rings (SSSR count). The van der Waals surface area contributed by atoms with Crippen molar-refractivity contribution in [2.45, 2.75) is 19.4 Å². The second-order valence-electron chi connectivity index (χ2n) is 7.07. The van der Waals surface area contributed by atoms with Crippen LogP contribution in [-0.2, 0) is 4.74 Å². The van der Waals surface area contributed by atoms with Gasteiger partial charge in [-0.25, -0.2) is 19.9 Å². The second-order valence-corrected chi connectivity index (χ2v) is 7.07. The van der Waals surface area contributed by atoms with Crippen molar-refractivity contribution in [1.29, 1.82) is 0 Å². The first kappa shape index (κ1) is 18.3. The lowest BCUT2D eigenvalue weighted by Crippen LogP contribution is -2.36. The van der Waals surface area contributed by atoms with Crippen molar-refractivity contribution in [3.05, 3.63) is 48.4 Å². The molecule has 1 aliphatic rings. The number of aromatic nitrogens is 5. The molecule has 4 aromatic heterocycles. The number of pyridine rings is 1. The number of nitrogens with one attached hydrogen (secondary N) is 1. The van der Waals surface area contributed by atoms with Crippen LogP contribution in [0, 0.1) is 6.92 Å². The molecule has 5 heterocycles. The molecule has 10 nitrogen and oxygen atoms in total. The summed E-state index contributed by atoms with van der Waals surface area (Å²) < 4.78 is 12.7. The predicted molar refractivity (Wildman–Crippen MR) is 108 cm³/mol. The average molecular weight is 405 g/mol. The molecule has 1 aliphatic heterocycles. The van der Waals surface area contributed by atoms with E-state index in [0.29, 0.717) is 24.6 Å². The molecule has 4 aromatic rings. The van der Waals surface area contributed by atoms with E-state index in [0.717, 1.165) is 23.3 Å². The third-order valence-corrected chi connectivity index (χ3v) is 5.00. The number of oxazole rings is 1. The zero-order chi connectivity index (χ0) is 20.7. The summed E-state index contributed by atoms with van der Waals surface area (Å²) in [6.07, 6.45) is 7.38. The van der Waals surface area contributed by atoms with Crippen molar-refractivity contribution in [2.75, 3.05) is 18.9 Å². The van der Waals surface area contributed by atoms with E-state index in [1.807, 2.05) is 29.7 Å². The number of hydrogen-bond acceptors (Lipinski definition) is 8. The van der Waals surface area contributed by atoms with Crippen LogP contribution in [0.4, 0.5) is 5.82 Å². The van der Waals surface area contributed by atoms with E-state index in [1.165, 1.54) is 12.5 Å². The highest BCUT2D eigenvalue weighted by Crippen LogP contribution is 2.30. The van der Waals surface area contributed by atoms with E-state index in [4.69, 9.17) is 14.9 Å². The Morgan fingerprint density at radius 2 is 2.17 bits per heavy atom. The third-order valence-electron chi connectivity index (χ3n) is 5.00. The number of amides is 1. The van der Waals surface area contributed by atoms with Crippen molar-refractivity contribution in [2.24, 2.45) is 0 Å². The maximum atomic E-state index is 12.8. The van der Waals surface area contributed by atoms with Gasteiger partial charge < -0.3 is 24.6 Å². The van der Waals surface area contributed by atoms with Crippen molar-refractivity contribution in [1.82, 2.24) is 29.7 Å². The highest BCUT2D eigenvalue weighted by Gasteiger charge is 2.25. The molecule has 0 spiro atoms. The van der Waals surface area contributed by atoms with Crippen LogP contribution in [0.1, 0.15) is 22.6 Å². The Morgan fingerprint density at radius 3 is 2.93 bits per heavy atom. The third kappa shape index (κ3) is 3.16. The Kier molecular flexibility index (Phi) is 4.40. The molecule has 0 radical (unpaired) electrons. The van der Waals surface area contributed by atoms with Crippen molar-refractivity contribution < 1.29 is 13.9 Å². The molecule has 0 bridgehead atoms. The molecular weight excluding hydrogens is 386 g/mol. The van der Waals surface area contributed by atoms with Crippen LogP contribution < -0.4 is 11.1 Å². The van der Waals surface area contributed by atoms with Crippen molar-refractivity contribution in [3.8, 4) is 22.8 Å². The smallest absolute Gasteiger partial charge is 0.274 e. The maximum Gasteiger partial charge on any atom is 0.274 e. The lowest BCUT2D eigenvalue weighted by atomic mass is 10.1. The number of nitrogens with zero attached hydrogens (tertiary/aromatic N) is 5. The summed E-state index contributed by atoms with van der Waals surface area (Å²) in [5, 5.41) is 2.90. The van der Waals surface area contributed by atoms with Gasteiger partial charge in [-0.1, -0.05) is 0 Å². The van der Waals surface area contributed by atoms with Gasteiger partial charge in [-0.2, -0.15) is 0 Å². The van der Waals surface area contributed by atoms with E-state index in [-0.39, 0.29) is 23.4 Å². The first-order valence-electron chi connectivity index (χ1n) is 9.50. The Balaban J connectivity index is 1.64. The number of anilines is 1. The largest absolute Gasteiger partial charge is 0.443 e. The zero-order valence-corrected chi connectivity index (χ0v) is 16.2. The van der Waals surface area contributed by atoms with Crippen LogP contribution in [0.5, 0.6) is 0 Å². The number of aryl methyl sites for hydroxylation is 1. The fourth-order valence-corrected chi connectivity index (χ4v) is 3.45. The number of fused-ring (bicyclic) bond motifs is 1. The van der Waals surface area contributed by atoms with Crippen LogP contribution in [-0.4, -0.2) is 49.5 Å². The summed E-state index contributed by atoms with van der Waals surface area (Å²) in [5.74, 6) is -0.123. The van der Waals surface area contributed by atoms with Gasteiger partial charge in [0.25, 0.3) is 5.91 Å². The lowest BCUT2D eigenvalue weighted by Gasteiger charge is -2.14. The first-order valence-corrected chi connectivity index (χ1v) is 9.50. The number of carbonyl (C=O) groups is 1. The van der Waals surface area contributed by atoms with E-state index in [1.54, 1.807) is 6.20 Å². The fraction of sp³-hybridized carbons (Fsp3) is 0.250. The van der Waals surface area contributed by atoms with Crippen molar-refractivity contribution in [3.63, 3.8) is 0 Å². The van der Waals surface area contributed by atoms with Crippen LogP contribution in [0.15, 0.2) is 41.4 Å². The minimum atomic E-state index is -0.393. The van der Waals surface area contributed by atoms with E-state index < -0.39 is 5.91 Å². The Labute approximate surface area is 171 Å². The number of nitrogen functional groups attached to an aromatic ring is 1. The summed E-state index contributed by atoms with van der Waals surface area (Å²) in [6.45, 7) is 3.04. The maximum absolute atomic E-state index is 12.8. The van der Waals surface area contributed by atoms with E-state index >= 15 is 0 Å². The molecule has 0 unspecified atom stereocenters. The molecule has 1 atom stereocenters. The van der Waals surface area contributed by atoms with Gasteiger partial charge >= 0.3 is 0 Å². The highest BCUT2D eigenvalue weighted by atomic mass is 16.5. The predicted octanol–water partition coefficient (Wildman–Crippen LogP) is 1.86. The van der Waals surface area contributed by atoms with Gasteiger partial charge in [0.1, 0.15) is 17.6 Å². The molecule has 3 N–H and O–H groups in total. The van der Waals surface area contributed by atoms with Crippen LogP contribution in [0.25, 0.3) is 28.5 Å². The van der Waals surface area contributed by atoms with Crippen LogP contribution in [0.3, 0.4) is 0 Å². The van der Waals surface area contributed by atoms with Gasteiger partial charge in [-0.3, -0.25) is 4.79 Å². The summed E-state index contributed by atoms with van der Waals surface area (Å²) >= 11 is 0. The molecule has 0 aliphatic carbocycles. The van der Waals surface area contributed by atoms with Gasteiger partial charge in [-0.05, 0) is 25.5 Å². The van der Waals surface area contributed by atoms with Gasteiger partial charge in [0, 0.05) is 30.3 Å². The zero-order valence-electron chi connectivity index (χ0n) is 16.2. The molecule has 30 heavy (non-hydrogen) atoms. The number of carbonyl (C=O) groups excluding carboxylic acids is 1. The summed E-state index contributed by atoms with van der Waals surface area (Å²) in [5.41, 5.74) is 9.44. The molecule has 152 valence electrons. The monoisotopic (exact) mass is 405 g/mol. The van der Waals surface area contributed by atoms with Crippen molar-refractivity contribution >= 4 is 17.4 Å². The number of hydrogen-bond donors (Lipinski definition) is 2. The average Bonchev–Trinajstić information content (AvgIpc) is 3.51. The standard InChI is InChI=1S/C20H19N7O3/c1-11-8-23-14-3-2-12(9-27(11)14)15-16(20-22-5-7-30-20)26-18(21)17(25-15)19(28)24-13-4-6-29-10-13/h2-3,5,7-9,13H,4,6,10H2,1H3,(H2,21,26)(H,24,28)/t13-/m1/s1. The SMILES string of the molecule is Cc1cnc2ccc(-c3nc(C(=O)N[C@@H]4CCOC4)c(N)nc3-c3ncco3)cn12. The molecule has 1 amide bonds. The lowest BCUT2D eigenvalue weighted by molar-refractivity contribution is 0.0925. The number of imidazole rings is 1. The van der Waals surface area contributed by atoms with Gasteiger partial charge in [-0.15, -0.1) is 0 Å². The Morgan fingerprint density at radius 1 is 1.27 bits per heavy atom. The number of nitrogens with two attached hydrogens (primary N) is 1. The molecule has 0 saturated carbocycles. The molecule has 1 fully saturated rings. The second kappa shape index (κ2) is 7.23. The quantitative estimate of drug-likeness (QED) is 0.525. The molecule has 10 heteroatoms. The molecule has 1 saturated heterocycles.